The van der Waals surface area contributed by atoms with Crippen LogP contribution in [0.15, 0.2) is 97.1 Å². The Morgan fingerprint density at radius 3 is 1.30 bits per heavy atom. The molecule has 2 N–H and O–H groups in total. The summed E-state index contributed by atoms with van der Waals surface area (Å²) in [6.45, 7) is 0. The molecule has 2 aromatic heterocycles. The second-order valence-corrected chi connectivity index (χ2v) is 13.1. The molecule has 0 amide bonds. The molecule has 0 bridgehead atoms. The van der Waals surface area contributed by atoms with Gasteiger partial charge in [-0.2, -0.15) is 0 Å². The molecule has 0 radical (unpaired) electrons. The molecular weight excluding hydrogens is 560 g/mol. The number of aromatic nitrogens is 2. The molecular formula is C42H42N4. The molecule has 2 aliphatic carbocycles. The average Bonchev–Trinajstić information content (AvgIpc) is 3.49. The van der Waals surface area contributed by atoms with Crippen molar-refractivity contribution in [3.05, 3.63) is 131 Å². The van der Waals surface area contributed by atoms with Gasteiger partial charge in [0.1, 0.15) is 0 Å². The lowest BCUT2D eigenvalue weighted by molar-refractivity contribution is 0.709. The van der Waals surface area contributed by atoms with Crippen LogP contribution in [0.5, 0.6) is 0 Å². The lowest BCUT2D eigenvalue weighted by Crippen LogP contribution is -2.04. The van der Waals surface area contributed by atoms with Crippen molar-refractivity contribution in [1.82, 2.24) is 9.97 Å². The highest BCUT2D eigenvalue weighted by Gasteiger charge is 2.19. The summed E-state index contributed by atoms with van der Waals surface area (Å²) in [7, 11) is 0. The van der Waals surface area contributed by atoms with Crippen LogP contribution in [0.4, 0.5) is 22.7 Å². The summed E-state index contributed by atoms with van der Waals surface area (Å²) in [5.41, 5.74) is 15.1. The number of anilines is 4. The average molecular weight is 603 g/mol. The number of fused-ring (bicyclic) bond motifs is 4. The van der Waals surface area contributed by atoms with Gasteiger partial charge < -0.3 is 10.6 Å². The van der Waals surface area contributed by atoms with Crippen LogP contribution in [-0.2, 0) is 38.5 Å². The van der Waals surface area contributed by atoms with Crippen molar-refractivity contribution < 1.29 is 0 Å². The molecule has 46 heavy (non-hydrogen) atoms. The van der Waals surface area contributed by atoms with Crippen molar-refractivity contribution in [3.8, 4) is 0 Å². The van der Waals surface area contributed by atoms with E-state index in [1.807, 2.05) is 0 Å². The van der Waals surface area contributed by atoms with Gasteiger partial charge in [0, 0.05) is 33.5 Å². The number of benzene rings is 4. The molecule has 0 atom stereocenters. The molecule has 0 saturated carbocycles. The standard InChI is InChI=1S/C42H42N4/c1-3-11-33-37(15-5-1)45-39-17-9-7-13-35(39)41(33)43-31-25-21-29(22-26-31)19-20-30-23-27-32(28-24-30)44-42-34-12-4-2-6-16-38(34)46-40-18-10-8-14-36(40)42/h7-10,13-14,17-18,21-28H,1-6,11-12,15-16,19-20H2,(H,43,45)(H,44,46). The van der Waals surface area contributed by atoms with Crippen LogP contribution in [0.1, 0.15) is 72.2 Å². The predicted octanol–water partition coefficient (Wildman–Crippen LogP) is 10.6. The van der Waals surface area contributed by atoms with Crippen LogP contribution in [0.3, 0.4) is 0 Å². The van der Waals surface area contributed by atoms with E-state index in [0.717, 1.165) is 60.9 Å². The molecule has 2 aliphatic rings. The maximum Gasteiger partial charge on any atom is 0.0726 e. The molecule has 0 spiro atoms. The van der Waals surface area contributed by atoms with Crippen molar-refractivity contribution >= 4 is 44.6 Å². The zero-order valence-electron chi connectivity index (χ0n) is 26.6. The Hall–Kier alpha value is -4.70. The lowest BCUT2D eigenvalue weighted by atomic mass is 10.0. The van der Waals surface area contributed by atoms with Crippen molar-refractivity contribution in [2.45, 2.75) is 77.0 Å². The van der Waals surface area contributed by atoms with Gasteiger partial charge in [0.05, 0.1) is 22.4 Å². The summed E-state index contributed by atoms with van der Waals surface area (Å²) in [6, 6.07) is 35.2. The number of nitrogens with one attached hydrogen (secondary N) is 2. The molecule has 2 heterocycles. The van der Waals surface area contributed by atoms with E-state index in [9.17, 15) is 0 Å². The summed E-state index contributed by atoms with van der Waals surface area (Å²) >= 11 is 0. The molecule has 4 heteroatoms. The summed E-state index contributed by atoms with van der Waals surface area (Å²) in [5.74, 6) is 0. The van der Waals surface area contributed by atoms with Crippen LogP contribution in [0.2, 0.25) is 0 Å². The zero-order chi connectivity index (χ0) is 30.7. The van der Waals surface area contributed by atoms with Gasteiger partial charge in [0.15, 0.2) is 0 Å². The number of nitrogens with zero attached hydrogens (tertiary/aromatic N) is 2. The maximum absolute atomic E-state index is 5.06. The smallest absolute Gasteiger partial charge is 0.0726 e. The first-order valence-electron chi connectivity index (χ1n) is 17.3. The SMILES string of the molecule is c1ccc2c(Nc3ccc(CCc4ccc(Nc5c6c(nc7ccccc57)CCCCC6)cc4)cc3)c3c(nc2c1)CCCCC3. The first-order valence-corrected chi connectivity index (χ1v) is 17.3. The molecule has 0 fully saturated rings. The van der Waals surface area contributed by atoms with Gasteiger partial charge in [0.2, 0.25) is 0 Å². The minimum atomic E-state index is 1.02. The van der Waals surface area contributed by atoms with Gasteiger partial charge in [0.25, 0.3) is 0 Å². The highest BCUT2D eigenvalue weighted by atomic mass is 14.9. The molecule has 8 rings (SSSR count). The van der Waals surface area contributed by atoms with Gasteiger partial charge in [-0.25, -0.2) is 0 Å². The minimum absolute atomic E-state index is 1.02. The van der Waals surface area contributed by atoms with E-state index in [2.05, 4.69) is 108 Å². The minimum Gasteiger partial charge on any atom is -0.355 e. The van der Waals surface area contributed by atoms with Gasteiger partial charge in [-0.1, -0.05) is 73.5 Å². The molecule has 0 saturated heterocycles. The monoisotopic (exact) mass is 602 g/mol. The Labute approximate surface area is 272 Å². The van der Waals surface area contributed by atoms with E-state index in [1.165, 1.54) is 94.3 Å². The summed E-state index contributed by atoms with van der Waals surface area (Å²) in [5, 5.41) is 10.1. The highest BCUT2D eigenvalue weighted by Crippen LogP contribution is 2.36. The first-order chi connectivity index (χ1) is 22.8. The van der Waals surface area contributed by atoms with Gasteiger partial charge in [-0.3, -0.25) is 9.97 Å². The largest absolute Gasteiger partial charge is 0.355 e. The van der Waals surface area contributed by atoms with Crippen molar-refractivity contribution in [2.24, 2.45) is 0 Å². The Morgan fingerprint density at radius 2 is 0.848 bits per heavy atom. The normalized spacial score (nSPS) is 14.7. The molecule has 0 unspecified atom stereocenters. The van der Waals surface area contributed by atoms with Crippen LogP contribution in [0, 0.1) is 0 Å². The van der Waals surface area contributed by atoms with Crippen LogP contribution in [0.25, 0.3) is 21.8 Å². The third-order valence-corrected chi connectivity index (χ3v) is 9.99. The fourth-order valence-electron chi connectivity index (χ4n) is 7.47. The summed E-state index contributed by atoms with van der Waals surface area (Å²) in [4.78, 5) is 10.1. The van der Waals surface area contributed by atoms with E-state index in [4.69, 9.17) is 9.97 Å². The molecule has 230 valence electrons. The molecule has 0 aliphatic heterocycles. The zero-order valence-corrected chi connectivity index (χ0v) is 26.6. The summed E-state index contributed by atoms with van der Waals surface area (Å²) < 4.78 is 0. The number of pyridine rings is 2. The second-order valence-electron chi connectivity index (χ2n) is 13.1. The van der Waals surface area contributed by atoms with E-state index in [1.54, 1.807) is 0 Å². The van der Waals surface area contributed by atoms with Crippen molar-refractivity contribution in [2.75, 3.05) is 10.6 Å². The Kier molecular flexibility index (Phi) is 8.10. The van der Waals surface area contributed by atoms with Gasteiger partial charge in [-0.15, -0.1) is 0 Å². The summed E-state index contributed by atoms with van der Waals surface area (Å²) in [6.07, 6.45) is 13.9. The fraction of sp³-hybridized carbons (Fsp3) is 0.286. The van der Waals surface area contributed by atoms with E-state index >= 15 is 0 Å². The molecule has 4 nitrogen and oxygen atoms in total. The number of aryl methyl sites for hydroxylation is 4. The number of rotatable bonds is 7. The number of hydrogen-bond donors (Lipinski definition) is 2. The van der Waals surface area contributed by atoms with Crippen LogP contribution in [-0.4, -0.2) is 9.97 Å². The Morgan fingerprint density at radius 1 is 0.435 bits per heavy atom. The van der Waals surface area contributed by atoms with E-state index in [0.29, 0.717) is 0 Å². The third kappa shape index (κ3) is 5.97. The van der Waals surface area contributed by atoms with Gasteiger partial charge >= 0.3 is 0 Å². The van der Waals surface area contributed by atoms with Crippen molar-refractivity contribution in [1.29, 1.82) is 0 Å². The Bertz CT molecular complexity index is 1850. The topological polar surface area (TPSA) is 49.8 Å². The van der Waals surface area contributed by atoms with Gasteiger partial charge in [-0.05, 0) is 123 Å². The Balaban J connectivity index is 0.957. The predicted molar refractivity (Wildman–Crippen MR) is 193 cm³/mol. The van der Waals surface area contributed by atoms with E-state index in [-0.39, 0.29) is 0 Å². The maximum atomic E-state index is 5.06. The highest BCUT2D eigenvalue weighted by molar-refractivity contribution is 5.96. The number of hydrogen-bond acceptors (Lipinski definition) is 4. The second kappa shape index (κ2) is 13.0. The molecule has 4 aromatic carbocycles. The quantitative estimate of drug-likeness (QED) is 0.179. The van der Waals surface area contributed by atoms with Crippen LogP contribution >= 0.6 is 0 Å². The molecule has 6 aromatic rings. The van der Waals surface area contributed by atoms with Crippen molar-refractivity contribution in [3.63, 3.8) is 0 Å². The number of para-hydroxylation sites is 2. The van der Waals surface area contributed by atoms with Crippen LogP contribution < -0.4 is 10.6 Å². The third-order valence-electron chi connectivity index (χ3n) is 9.99. The fourth-order valence-corrected chi connectivity index (χ4v) is 7.47. The first kappa shape index (κ1) is 28.8. The lowest BCUT2D eigenvalue weighted by Gasteiger charge is -2.18. The van der Waals surface area contributed by atoms with E-state index < -0.39 is 0 Å².